The molecule has 15 heteroatoms. The Bertz CT molecular complexity index is 746. The van der Waals surface area contributed by atoms with Crippen molar-refractivity contribution in [3.63, 3.8) is 0 Å². The lowest BCUT2D eigenvalue weighted by atomic mass is 9.97. The van der Waals surface area contributed by atoms with Crippen LogP contribution >= 0.6 is 0 Å². The van der Waals surface area contributed by atoms with Gasteiger partial charge in [-0.1, -0.05) is 15.3 Å². The molecule has 1 aromatic rings. The number of aromatic carboxylic acids is 3. The third-order valence-electron chi connectivity index (χ3n) is 2.50. The van der Waals surface area contributed by atoms with E-state index in [1.165, 1.54) is 0 Å². The summed E-state index contributed by atoms with van der Waals surface area (Å²) >= 11 is 0. The molecule has 0 unspecified atom stereocenters. The monoisotopic (exact) mass is 333 g/mol. The Hall–Kier alpha value is -4.44. The SMILES string of the molecule is [N-]=[N+]=Nc1c(C(=O)O)c(N=[N+]=[N-])c(C(=O)O)c(N=[N+]=[N-])c1C(=O)O. The fraction of sp³-hybridized carbons (Fsp3) is 0. The van der Waals surface area contributed by atoms with Gasteiger partial charge in [0, 0.05) is 14.7 Å². The second kappa shape index (κ2) is 7.02. The number of carbonyl (C=O) groups is 3. The molecule has 0 amide bonds. The summed E-state index contributed by atoms with van der Waals surface area (Å²) in [6, 6.07) is 0. The maximum absolute atomic E-state index is 11.4. The average Bonchev–Trinajstić information content (AvgIpc) is 2.46. The van der Waals surface area contributed by atoms with Crippen molar-refractivity contribution in [3.05, 3.63) is 48.0 Å². The third kappa shape index (κ3) is 2.93. The van der Waals surface area contributed by atoms with Crippen LogP contribution in [0, 0.1) is 0 Å². The molecule has 0 saturated carbocycles. The summed E-state index contributed by atoms with van der Waals surface area (Å²) in [7, 11) is 0. The number of azide groups is 3. The van der Waals surface area contributed by atoms with Crippen molar-refractivity contribution >= 4 is 35.0 Å². The first-order valence-corrected chi connectivity index (χ1v) is 5.40. The first-order chi connectivity index (χ1) is 11.3. The topological polar surface area (TPSA) is 258 Å². The van der Waals surface area contributed by atoms with Gasteiger partial charge in [0.2, 0.25) is 0 Å². The number of hydrogen-bond donors (Lipinski definition) is 3. The van der Waals surface area contributed by atoms with Crippen LogP contribution in [0.5, 0.6) is 0 Å². The molecule has 0 atom stereocenters. The highest BCUT2D eigenvalue weighted by atomic mass is 16.4. The highest BCUT2D eigenvalue weighted by Crippen LogP contribution is 2.44. The number of rotatable bonds is 6. The van der Waals surface area contributed by atoms with Crippen molar-refractivity contribution in [2.24, 2.45) is 15.3 Å². The molecule has 0 bridgehead atoms. The fourth-order valence-electron chi connectivity index (χ4n) is 1.75. The normalized spacial score (nSPS) is 9.00. The van der Waals surface area contributed by atoms with E-state index in [1.807, 2.05) is 0 Å². The average molecular weight is 333 g/mol. The quantitative estimate of drug-likeness (QED) is 0.397. The Morgan fingerprint density at radius 2 is 0.833 bits per heavy atom. The molecular weight excluding hydrogens is 330 g/mol. The highest BCUT2D eigenvalue weighted by molar-refractivity contribution is 6.16. The van der Waals surface area contributed by atoms with Crippen LogP contribution in [0.15, 0.2) is 15.3 Å². The second-order valence-corrected chi connectivity index (χ2v) is 3.65. The van der Waals surface area contributed by atoms with E-state index >= 15 is 0 Å². The molecule has 0 aliphatic carbocycles. The molecular formula is C9H3N9O6. The summed E-state index contributed by atoms with van der Waals surface area (Å²) in [5.41, 5.74) is 18.8. The molecule has 1 aromatic carbocycles. The number of nitrogens with zero attached hydrogens (tertiary/aromatic N) is 9. The van der Waals surface area contributed by atoms with E-state index in [1.54, 1.807) is 0 Å². The van der Waals surface area contributed by atoms with Crippen molar-refractivity contribution in [1.82, 2.24) is 0 Å². The van der Waals surface area contributed by atoms with Crippen molar-refractivity contribution in [2.75, 3.05) is 0 Å². The van der Waals surface area contributed by atoms with Crippen molar-refractivity contribution in [2.45, 2.75) is 0 Å². The van der Waals surface area contributed by atoms with Gasteiger partial charge < -0.3 is 15.3 Å². The van der Waals surface area contributed by atoms with Gasteiger partial charge in [-0.3, -0.25) is 0 Å². The fourth-order valence-corrected chi connectivity index (χ4v) is 1.75. The molecule has 0 aliphatic heterocycles. The van der Waals surface area contributed by atoms with Crippen LogP contribution in [0.25, 0.3) is 31.3 Å². The molecule has 1 rings (SSSR count). The minimum Gasteiger partial charge on any atom is -0.478 e. The van der Waals surface area contributed by atoms with Gasteiger partial charge in [0.1, 0.15) is 0 Å². The molecule has 0 radical (unpaired) electrons. The molecule has 0 aromatic heterocycles. The van der Waals surface area contributed by atoms with Gasteiger partial charge in [-0.2, -0.15) is 0 Å². The maximum Gasteiger partial charge on any atom is 0.336 e. The molecule has 0 aliphatic rings. The van der Waals surface area contributed by atoms with E-state index in [2.05, 4.69) is 30.1 Å². The van der Waals surface area contributed by atoms with Crippen LogP contribution in [0.3, 0.4) is 0 Å². The molecule has 3 N–H and O–H groups in total. The van der Waals surface area contributed by atoms with Crippen molar-refractivity contribution in [3.8, 4) is 0 Å². The van der Waals surface area contributed by atoms with Gasteiger partial charge in [-0.05, 0) is 16.6 Å². The largest absolute Gasteiger partial charge is 0.478 e. The van der Waals surface area contributed by atoms with Crippen molar-refractivity contribution in [1.29, 1.82) is 0 Å². The molecule has 24 heavy (non-hydrogen) atoms. The Morgan fingerprint density at radius 3 is 0.958 bits per heavy atom. The lowest BCUT2D eigenvalue weighted by Crippen LogP contribution is -2.10. The van der Waals surface area contributed by atoms with Crippen LogP contribution in [-0.4, -0.2) is 33.2 Å². The Morgan fingerprint density at radius 1 is 0.625 bits per heavy atom. The molecule has 0 heterocycles. The van der Waals surface area contributed by atoms with Crippen molar-refractivity contribution < 1.29 is 29.7 Å². The van der Waals surface area contributed by atoms with E-state index in [0.29, 0.717) is 0 Å². The van der Waals surface area contributed by atoms with E-state index in [-0.39, 0.29) is 0 Å². The first kappa shape index (κ1) is 17.6. The second-order valence-electron chi connectivity index (χ2n) is 3.65. The number of carboxylic acids is 3. The minimum atomic E-state index is -1.93. The lowest BCUT2D eigenvalue weighted by molar-refractivity contribution is 0.0696. The van der Waals surface area contributed by atoms with Crippen LogP contribution in [0.2, 0.25) is 0 Å². The van der Waals surface area contributed by atoms with Gasteiger partial charge >= 0.3 is 17.9 Å². The highest BCUT2D eigenvalue weighted by Gasteiger charge is 2.31. The zero-order valence-corrected chi connectivity index (χ0v) is 11.1. The van der Waals surface area contributed by atoms with Gasteiger partial charge in [0.15, 0.2) is 0 Å². The minimum absolute atomic E-state index is 1.08. The summed E-state index contributed by atoms with van der Waals surface area (Å²) < 4.78 is 0. The van der Waals surface area contributed by atoms with Crippen LogP contribution in [-0.2, 0) is 0 Å². The van der Waals surface area contributed by atoms with E-state index < -0.39 is 51.7 Å². The van der Waals surface area contributed by atoms with E-state index in [0.717, 1.165) is 0 Å². The predicted octanol–water partition coefficient (Wildman–Crippen LogP) is 3.61. The smallest absolute Gasteiger partial charge is 0.336 e. The van der Waals surface area contributed by atoms with E-state index in [9.17, 15) is 29.7 Å². The molecule has 0 fully saturated rings. The zero-order valence-electron chi connectivity index (χ0n) is 11.1. The van der Waals surface area contributed by atoms with Gasteiger partial charge in [0.05, 0.1) is 33.8 Å². The molecule has 15 nitrogen and oxygen atoms in total. The summed E-state index contributed by atoms with van der Waals surface area (Å²) in [4.78, 5) is 40.8. The molecule has 0 spiro atoms. The van der Waals surface area contributed by atoms with Gasteiger partial charge in [-0.15, -0.1) is 0 Å². The number of hydrogen-bond acceptors (Lipinski definition) is 6. The third-order valence-corrected chi connectivity index (χ3v) is 2.50. The number of benzene rings is 1. The Labute approximate surface area is 129 Å². The van der Waals surface area contributed by atoms with Gasteiger partial charge in [0.25, 0.3) is 0 Å². The molecule has 120 valence electrons. The maximum atomic E-state index is 11.4. The summed E-state index contributed by atoms with van der Waals surface area (Å²) in [5, 5.41) is 36.2. The zero-order chi connectivity index (χ0) is 18.4. The van der Waals surface area contributed by atoms with Crippen LogP contribution in [0.4, 0.5) is 17.1 Å². The van der Waals surface area contributed by atoms with E-state index in [4.69, 9.17) is 16.6 Å². The summed E-state index contributed by atoms with van der Waals surface area (Å²) in [5.74, 6) is -5.80. The molecule has 0 saturated heterocycles. The summed E-state index contributed by atoms with van der Waals surface area (Å²) in [6.07, 6.45) is 0. The predicted molar refractivity (Wildman–Crippen MR) is 73.7 cm³/mol. The summed E-state index contributed by atoms with van der Waals surface area (Å²) in [6.45, 7) is 0. The van der Waals surface area contributed by atoms with Crippen LogP contribution in [0.1, 0.15) is 31.1 Å². The Kier molecular flexibility index (Phi) is 5.15. The van der Waals surface area contributed by atoms with Crippen LogP contribution < -0.4 is 0 Å². The van der Waals surface area contributed by atoms with Gasteiger partial charge in [-0.25, -0.2) is 14.4 Å². The Balaban J connectivity index is 4.48. The standard InChI is InChI=1S/C9H3N9O6/c10-16-13-4-1(7(19)20)5(14-17-11)3(9(23)24)6(15-18-12)2(4)8(21)22/h(H,19,20)(H,21,22)(H,23,24). The lowest BCUT2D eigenvalue weighted by Gasteiger charge is -2.14. The number of carboxylic acid groups (broad SMARTS) is 3. The first-order valence-electron chi connectivity index (χ1n) is 5.40.